The SMILES string of the molecule is Cc1ccc(-c2cc(C(=O)NCCc3noc(C(C)(C)C)n3)nn2C)cc1. The van der Waals surface area contributed by atoms with E-state index in [1.54, 1.807) is 10.7 Å². The number of hydrogen-bond acceptors (Lipinski definition) is 5. The first-order valence-electron chi connectivity index (χ1n) is 8.96. The van der Waals surface area contributed by atoms with Gasteiger partial charge in [-0.15, -0.1) is 0 Å². The Morgan fingerprint density at radius 3 is 2.56 bits per heavy atom. The fraction of sp³-hybridized carbons (Fsp3) is 0.400. The lowest BCUT2D eigenvalue weighted by atomic mass is 9.97. The van der Waals surface area contributed by atoms with Crippen molar-refractivity contribution in [2.24, 2.45) is 7.05 Å². The highest BCUT2D eigenvalue weighted by molar-refractivity contribution is 5.93. The van der Waals surface area contributed by atoms with Crippen LogP contribution in [0.1, 0.15) is 48.5 Å². The second-order valence-electron chi connectivity index (χ2n) is 7.68. The molecule has 1 aromatic carbocycles. The Kier molecular flexibility index (Phi) is 5.12. The molecule has 0 atom stereocenters. The van der Waals surface area contributed by atoms with Crippen LogP contribution < -0.4 is 5.32 Å². The van der Waals surface area contributed by atoms with Crippen molar-refractivity contribution < 1.29 is 9.32 Å². The quantitative estimate of drug-likeness (QED) is 0.749. The van der Waals surface area contributed by atoms with E-state index >= 15 is 0 Å². The molecule has 1 amide bonds. The monoisotopic (exact) mass is 367 g/mol. The molecule has 1 N–H and O–H groups in total. The molecule has 0 radical (unpaired) electrons. The van der Waals surface area contributed by atoms with Crippen LogP contribution in [-0.2, 0) is 18.9 Å². The van der Waals surface area contributed by atoms with Gasteiger partial charge in [0.25, 0.3) is 5.91 Å². The minimum absolute atomic E-state index is 0.186. The Hall–Kier alpha value is -2.96. The Morgan fingerprint density at radius 1 is 1.22 bits per heavy atom. The molecular formula is C20H25N5O2. The molecule has 0 saturated heterocycles. The summed E-state index contributed by atoms with van der Waals surface area (Å²) in [6, 6.07) is 9.93. The lowest BCUT2D eigenvalue weighted by molar-refractivity contribution is 0.0948. The molecule has 2 heterocycles. The van der Waals surface area contributed by atoms with Crippen LogP contribution in [0.15, 0.2) is 34.9 Å². The molecule has 7 heteroatoms. The topological polar surface area (TPSA) is 85.8 Å². The minimum Gasteiger partial charge on any atom is -0.350 e. The van der Waals surface area contributed by atoms with Crippen molar-refractivity contribution in [3.8, 4) is 11.3 Å². The number of carbonyl (C=O) groups is 1. The van der Waals surface area contributed by atoms with Gasteiger partial charge < -0.3 is 9.84 Å². The van der Waals surface area contributed by atoms with Gasteiger partial charge in [0.1, 0.15) is 0 Å². The summed E-state index contributed by atoms with van der Waals surface area (Å²) in [5, 5.41) is 11.1. The van der Waals surface area contributed by atoms with Crippen molar-refractivity contribution in [1.29, 1.82) is 0 Å². The summed E-state index contributed by atoms with van der Waals surface area (Å²) in [6.45, 7) is 8.49. The van der Waals surface area contributed by atoms with E-state index in [1.807, 2.05) is 59.0 Å². The maximum Gasteiger partial charge on any atom is 0.271 e. The number of benzene rings is 1. The van der Waals surface area contributed by atoms with Gasteiger partial charge in [-0.25, -0.2) is 0 Å². The third-order valence-corrected chi connectivity index (χ3v) is 4.20. The second-order valence-corrected chi connectivity index (χ2v) is 7.68. The van der Waals surface area contributed by atoms with Crippen LogP contribution in [0.5, 0.6) is 0 Å². The van der Waals surface area contributed by atoms with Crippen LogP contribution in [0.2, 0.25) is 0 Å². The molecule has 0 bridgehead atoms. The van der Waals surface area contributed by atoms with E-state index in [1.165, 1.54) is 5.56 Å². The number of aromatic nitrogens is 4. The van der Waals surface area contributed by atoms with Crippen LogP contribution in [0.3, 0.4) is 0 Å². The van der Waals surface area contributed by atoms with Gasteiger partial charge in [-0.3, -0.25) is 9.48 Å². The molecule has 0 aliphatic heterocycles. The molecule has 27 heavy (non-hydrogen) atoms. The van der Waals surface area contributed by atoms with Crippen molar-refractivity contribution in [2.75, 3.05) is 6.54 Å². The molecule has 0 saturated carbocycles. The number of amides is 1. The van der Waals surface area contributed by atoms with E-state index in [0.29, 0.717) is 30.4 Å². The predicted molar refractivity (Wildman–Crippen MR) is 102 cm³/mol. The Morgan fingerprint density at radius 2 is 1.93 bits per heavy atom. The van der Waals surface area contributed by atoms with Crippen molar-refractivity contribution >= 4 is 5.91 Å². The van der Waals surface area contributed by atoms with Gasteiger partial charge in [0.15, 0.2) is 11.5 Å². The van der Waals surface area contributed by atoms with E-state index in [4.69, 9.17) is 4.52 Å². The number of aryl methyl sites for hydroxylation is 2. The highest BCUT2D eigenvalue weighted by Crippen LogP contribution is 2.21. The van der Waals surface area contributed by atoms with Crippen LogP contribution in [0.4, 0.5) is 0 Å². The number of nitrogens with one attached hydrogen (secondary N) is 1. The average Bonchev–Trinajstić information content (AvgIpc) is 3.22. The predicted octanol–water partition coefficient (Wildman–Crippen LogP) is 3.05. The number of carbonyl (C=O) groups excluding carboxylic acids is 1. The molecule has 7 nitrogen and oxygen atoms in total. The third-order valence-electron chi connectivity index (χ3n) is 4.20. The maximum absolute atomic E-state index is 12.4. The van der Waals surface area contributed by atoms with Gasteiger partial charge in [-0.05, 0) is 18.6 Å². The number of nitrogens with zero attached hydrogens (tertiary/aromatic N) is 4. The molecule has 0 spiro atoms. The number of hydrogen-bond donors (Lipinski definition) is 1. The van der Waals surface area contributed by atoms with Gasteiger partial charge in [-0.1, -0.05) is 55.8 Å². The van der Waals surface area contributed by atoms with Crippen LogP contribution in [-0.4, -0.2) is 32.4 Å². The molecule has 2 aromatic heterocycles. The fourth-order valence-electron chi connectivity index (χ4n) is 2.61. The zero-order valence-corrected chi connectivity index (χ0v) is 16.4. The summed E-state index contributed by atoms with van der Waals surface area (Å²) in [7, 11) is 1.83. The summed E-state index contributed by atoms with van der Waals surface area (Å²) in [4.78, 5) is 16.8. The van der Waals surface area contributed by atoms with Gasteiger partial charge in [0.2, 0.25) is 5.89 Å². The summed E-state index contributed by atoms with van der Waals surface area (Å²) in [5.41, 5.74) is 3.31. The Labute approximate surface area is 158 Å². The van der Waals surface area contributed by atoms with E-state index in [9.17, 15) is 4.79 Å². The molecule has 0 aliphatic carbocycles. The number of rotatable bonds is 5. The first-order chi connectivity index (χ1) is 12.7. The smallest absolute Gasteiger partial charge is 0.271 e. The van der Waals surface area contributed by atoms with Gasteiger partial charge in [0.05, 0.1) is 5.69 Å². The normalized spacial score (nSPS) is 11.6. The molecule has 3 rings (SSSR count). The van der Waals surface area contributed by atoms with Crippen LogP contribution in [0.25, 0.3) is 11.3 Å². The van der Waals surface area contributed by atoms with E-state index in [-0.39, 0.29) is 11.3 Å². The molecule has 3 aromatic rings. The molecule has 0 fully saturated rings. The largest absolute Gasteiger partial charge is 0.350 e. The molecule has 0 unspecified atom stereocenters. The summed E-state index contributed by atoms with van der Waals surface area (Å²) in [5.74, 6) is 0.960. The van der Waals surface area contributed by atoms with Crippen molar-refractivity contribution in [2.45, 2.75) is 39.5 Å². The standard InChI is InChI=1S/C20H25N5O2/c1-13-6-8-14(9-7-13)16-12-15(23-25(16)5)18(26)21-11-10-17-22-19(27-24-17)20(2,3)4/h6-9,12H,10-11H2,1-5H3,(H,21,26). The zero-order valence-electron chi connectivity index (χ0n) is 16.4. The molecule has 142 valence electrons. The summed E-state index contributed by atoms with van der Waals surface area (Å²) >= 11 is 0. The third kappa shape index (κ3) is 4.42. The lowest BCUT2D eigenvalue weighted by Crippen LogP contribution is -2.26. The average molecular weight is 367 g/mol. The van der Waals surface area contributed by atoms with Crippen LogP contribution in [0, 0.1) is 6.92 Å². The van der Waals surface area contributed by atoms with Crippen LogP contribution >= 0.6 is 0 Å². The zero-order chi connectivity index (χ0) is 19.6. The highest BCUT2D eigenvalue weighted by atomic mass is 16.5. The highest BCUT2D eigenvalue weighted by Gasteiger charge is 2.21. The second kappa shape index (κ2) is 7.34. The minimum atomic E-state index is -0.219. The van der Waals surface area contributed by atoms with E-state index in [2.05, 4.69) is 20.6 Å². The fourth-order valence-corrected chi connectivity index (χ4v) is 2.61. The lowest BCUT2D eigenvalue weighted by Gasteiger charge is -2.10. The van der Waals surface area contributed by atoms with Gasteiger partial charge >= 0.3 is 0 Å². The van der Waals surface area contributed by atoms with Crippen molar-refractivity contribution in [1.82, 2.24) is 25.2 Å². The summed E-state index contributed by atoms with van der Waals surface area (Å²) < 4.78 is 6.97. The Bertz CT molecular complexity index is 932. The van der Waals surface area contributed by atoms with Crippen molar-refractivity contribution in [3.05, 3.63) is 53.3 Å². The first-order valence-corrected chi connectivity index (χ1v) is 8.96. The van der Waals surface area contributed by atoms with E-state index in [0.717, 1.165) is 11.3 Å². The molecular weight excluding hydrogens is 342 g/mol. The maximum atomic E-state index is 12.4. The summed E-state index contributed by atoms with van der Waals surface area (Å²) in [6.07, 6.45) is 0.503. The van der Waals surface area contributed by atoms with Crippen molar-refractivity contribution in [3.63, 3.8) is 0 Å². The Balaban J connectivity index is 1.61. The van der Waals surface area contributed by atoms with Gasteiger partial charge in [0, 0.05) is 25.4 Å². The van der Waals surface area contributed by atoms with E-state index < -0.39 is 0 Å². The van der Waals surface area contributed by atoms with Gasteiger partial charge in [-0.2, -0.15) is 10.1 Å². The molecule has 0 aliphatic rings. The first kappa shape index (κ1) is 18.8.